The molecular weight excluding hydrogens is 312 g/mol. The molecule has 1 fully saturated rings. The van der Waals surface area contributed by atoms with E-state index in [1.165, 1.54) is 0 Å². The van der Waals surface area contributed by atoms with Gasteiger partial charge in [-0.3, -0.25) is 14.4 Å². The van der Waals surface area contributed by atoms with Crippen LogP contribution in [0.25, 0.3) is 0 Å². The lowest BCUT2D eigenvalue weighted by atomic mass is 10.1. The number of carbonyl (C=O) groups is 2. The van der Waals surface area contributed by atoms with Gasteiger partial charge in [-0.2, -0.15) is 0 Å². The van der Waals surface area contributed by atoms with Crippen LogP contribution in [0.5, 0.6) is 0 Å². The molecule has 0 unspecified atom stereocenters. The Kier molecular flexibility index (Phi) is 4.55. The van der Waals surface area contributed by atoms with Crippen LogP contribution in [-0.4, -0.2) is 25.0 Å². The Bertz CT molecular complexity index is 475. The van der Waals surface area contributed by atoms with Gasteiger partial charge in [-0.15, -0.1) is 0 Å². The zero-order chi connectivity index (χ0) is 13.8. The predicted octanol–water partition coefficient (Wildman–Crippen LogP) is 1.87. The van der Waals surface area contributed by atoms with Crippen LogP contribution in [0, 0.1) is 5.92 Å². The molecule has 19 heavy (non-hydrogen) atoms. The molecule has 2 rings (SSSR count). The predicted molar refractivity (Wildman–Crippen MR) is 74.4 cm³/mol. The molecule has 1 atom stereocenters. The quantitative estimate of drug-likeness (QED) is 0.859. The van der Waals surface area contributed by atoms with Crippen LogP contribution in [0.4, 0.5) is 5.69 Å². The summed E-state index contributed by atoms with van der Waals surface area (Å²) < 4.78 is 0.952. The summed E-state index contributed by atoms with van der Waals surface area (Å²) in [7, 11) is 0. The van der Waals surface area contributed by atoms with E-state index in [1.54, 1.807) is 11.8 Å². The molecule has 0 aromatic heterocycles. The molecule has 1 aliphatic heterocycles. The van der Waals surface area contributed by atoms with Gasteiger partial charge in [0.05, 0.1) is 12.5 Å². The van der Waals surface area contributed by atoms with Crippen LogP contribution >= 0.6 is 15.9 Å². The molecular formula is C13H15BrN2O3. The molecule has 0 aliphatic carbocycles. The second-order valence-electron chi connectivity index (χ2n) is 4.28. The first kappa shape index (κ1) is 14.0. The first-order chi connectivity index (χ1) is 9.11. The minimum absolute atomic E-state index is 0.0426. The highest BCUT2D eigenvalue weighted by molar-refractivity contribution is 9.10. The van der Waals surface area contributed by atoms with Gasteiger partial charge >= 0.3 is 0 Å². The summed E-state index contributed by atoms with van der Waals surface area (Å²) in [6, 6.07) is 7.45. The molecule has 0 spiro atoms. The van der Waals surface area contributed by atoms with E-state index < -0.39 is 0 Å². The monoisotopic (exact) mass is 326 g/mol. The number of hydroxylamine groups is 1. The van der Waals surface area contributed by atoms with E-state index in [0.29, 0.717) is 13.2 Å². The molecule has 5 nitrogen and oxygen atoms in total. The molecule has 1 aromatic carbocycles. The Morgan fingerprint density at radius 1 is 1.47 bits per heavy atom. The van der Waals surface area contributed by atoms with Crippen molar-refractivity contribution >= 4 is 33.4 Å². The molecule has 0 saturated carbocycles. The summed E-state index contributed by atoms with van der Waals surface area (Å²) in [4.78, 5) is 30.2. The Morgan fingerprint density at radius 3 is 2.79 bits per heavy atom. The van der Waals surface area contributed by atoms with E-state index in [1.807, 2.05) is 24.3 Å². The molecule has 1 heterocycles. The summed E-state index contributed by atoms with van der Waals surface area (Å²) in [5, 5.41) is 0. The van der Waals surface area contributed by atoms with Crippen molar-refractivity contribution in [3.63, 3.8) is 0 Å². The first-order valence-corrected chi connectivity index (χ1v) is 6.88. The van der Waals surface area contributed by atoms with Gasteiger partial charge in [0.25, 0.3) is 0 Å². The van der Waals surface area contributed by atoms with Crippen molar-refractivity contribution in [3.8, 4) is 0 Å². The van der Waals surface area contributed by atoms with Gasteiger partial charge in [0.1, 0.15) is 0 Å². The molecule has 1 N–H and O–H groups in total. The largest absolute Gasteiger partial charge is 0.312 e. The van der Waals surface area contributed by atoms with E-state index in [2.05, 4.69) is 21.4 Å². The number of rotatable bonds is 4. The normalized spacial score (nSPS) is 18.7. The Balaban J connectivity index is 2.03. The number of benzene rings is 1. The number of nitrogens with zero attached hydrogens (tertiary/aromatic N) is 1. The van der Waals surface area contributed by atoms with Crippen LogP contribution in [0.2, 0.25) is 0 Å². The Hall–Kier alpha value is -1.40. The zero-order valence-corrected chi connectivity index (χ0v) is 12.1. The van der Waals surface area contributed by atoms with Gasteiger partial charge in [-0.05, 0) is 31.2 Å². The second-order valence-corrected chi connectivity index (χ2v) is 5.20. The fourth-order valence-electron chi connectivity index (χ4n) is 1.98. The Labute approximate surface area is 120 Å². The highest BCUT2D eigenvalue weighted by Gasteiger charge is 2.35. The minimum Gasteiger partial charge on any atom is -0.312 e. The third-order valence-corrected chi connectivity index (χ3v) is 3.48. The van der Waals surface area contributed by atoms with Crippen molar-refractivity contribution in [2.45, 2.75) is 13.3 Å². The fraction of sp³-hybridized carbons (Fsp3) is 0.385. The van der Waals surface area contributed by atoms with Crippen molar-refractivity contribution in [1.82, 2.24) is 5.48 Å². The fourth-order valence-corrected chi connectivity index (χ4v) is 2.24. The zero-order valence-electron chi connectivity index (χ0n) is 10.6. The third kappa shape index (κ3) is 3.33. The molecule has 102 valence electrons. The summed E-state index contributed by atoms with van der Waals surface area (Å²) in [5.41, 5.74) is 3.16. The number of anilines is 1. The number of halogens is 1. The molecule has 1 aromatic rings. The van der Waals surface area contributed by atoms with Crippen molar-refractivity contribution in [2.24, 2.45) is 5.92 Å². The van der Waals surface area contributed by atoms with Gasteiger partial charge in [-0.1, -0.05) is 15.9 Å². The molecule has 1 aliphatic rings. The van der Waals surface area contributed by atoms with E-state index in [-0.39, 0.29) is 24.2 Å². The second kappa shape index (κ2) is 6.16. The van der Waals surface area contributed by atoms with E-state index in [0.717, 1.165) is 10.2 Å². The van der Waals surface area contributed by atoms with Crippen LogP contribution < -0.4 is 10.4 Å². The summed E-state index contributed by atoms with van der Waals surface area (Å²) >= 11 is 3.35. The van der Waals surface area contributed by atoms with Crippen molar-refractivity contribution in [3.05, 3.63) is 28.7 Å². The Morgan fingerprint density at radius 2 is 2.16 bits per heavy atom. The number of hydrogen-bond donors (Lipinski definition) is 1. The average molecular weight is 327 g/mol. The molecule has 2 amide bonds. The van der Waals surface area contributed by atoms with E-state index in [9.17, 15) is 9.59 Å². The highest BCUT2D eigenvalue weighted by Crippen LogP contribution is 2.26. The number of amides is 2. The lowest BCUT2D eigenvalue weighted by Crippen LogP contribution is -2.33. The van der Waals surface area contributed by atoms with Crippen molar-refractivity contribution < 1.29 is 14.4 Å². The number of carbonyl (C=O) groups excluding carboxylic acids is 2. The maximum atomic E-state index is 11.9. The van der Waals surface area contributed by atoms with E-state index in [4.69, 9.17) is 4.84 Å². The summed E-state index contributed by atoms with van der Waals surface area (Å²) in [6.45, 7) is 2.58. The standard InChI is InChI=1S/C13H15BrN2O3/c1-2-19-15-13(18)9-7-12(17)16(8-9)11-5-3-10(14)4-6-11/h3-6,9H,2,7-8H2,1H3,(H,15,18)/t9-/m0/s1. The van der Waals surface area contributed by atoms with Crippen LogP contribution in [0.3, 0.4) is 0 Å². The topological polar surface area (TPSA) is 58.6 Å². The lowest BCUT2D eigenvalue weighted by molar-refractivity contribution is -0.137. The maximum Gasteiger partial charge on any atom is 0.248 e. The minimum atomic E-state index is -0.359. The van der Waals surface area contributed by atoms with Gasteiger partial charge in [0.15, 0.2) is 0 Å². The molecule has 6 heteroatoms. The van der Waals surface area contributed by atoms with Gasteiger partial charge in [-0.25, -0.2) is 5.48 Å². The molecule has 0 radical (unpaired) electrons. The summed E-state index contributed by atoms with van der Waals surface area (Å²) in [5.74, 6) is -0.642. The van der Waals surface area contributed by atoms with Crippen LogP contribution in [0.1, 0.15) is 13.3 Å². The van der Waals surface area contributed by atoms with E-state index >= 15 is 0 Å². The smallest absolute Gasteiger partial charge is 0.248 e. The molecule has 0 bridgehead atoms. The van der Waals surface area contributed by atoms with Crippen molar-refractivity contribution in [2.75, 3.05) is 18.1 Å². The van der Waals surface area contributed by atoms with Gasteiger partial charge in [0, 0.05) is 23.1 Å². The van der Waals surface area contributed by atoms with Crippen LogP contribution in [0.15, 0.2) is 28.7 Å². The lowest BCUT2D eigenvalue weighted by Gasteiger charge is -2.16. The first-order valence-electron chi connectivity index (χ1n) is 6.09. The third-order valence-electron chi connectivity index (χ3n) is 2.95. The van der Waals surface area contributed by atoms with Crippen LogP contribution in [-0.2, 0) is 14.4 Å². The molecule has 1 saturated heterocycles. The highest BCUT2D eigenvalue weighted by atomic mass is 79.9. The van der Waals surface area contributed by atoms with Gasteiger partial charge < -0.3 is 4.90 Å². The maximum absolute atomic E-state index is 11.9. The average Bonchev–Trinajstić information content (AvgIpc) is 2.79. The van der Waals surface area contributed by atoms with Crippen molar-refractivity contribution in [1.29, 1.82) is 0 Å². The van der Waals surface area contributed by atoms with Gasteiger partial charge in [0.2, 0.25) is 11.8 Å². The SMILES string of the molecule is CCONC(=O)[C@H]1CC(=O)N(c2ccc(Br)cc2)C1. The number of hydrogen-bond acceptors (Lipinski definition) is 3. The number of nitrogens with one attached hydrogen (secondary N) is 1. The summed E-state index contributed by atoms with van der Waals surface area (Å²) in [6.07, 6.45) is 0.217.